The summed E-state index contributed by atoms with van der Waals surface area (Å²) >= 11 is 3.46. The van der Waals surface area contributed by atoms with E-state index in [4.69, 9.17) is 0 Å². The van der Waals surface area contributed by atoms with Gasteiger partial charge in [-0.2, -0.15) is 5.10 Å². The number of benzene rings is 1. The predicted molar refractivity (Wildman–Crippen MR) is 101 cm³/mol. The maximum atomic E-state index is 12.6. The quantitative estimate of drug-likeness (QED) is 0.795. The summed E-state index contributed by atoms with van der Waals surface area (Å²) in [6.07, 6.45) is 0. The Hall–Kier alpha value is -1.62. The molecule has 0 saturated heterocycles. The molecule has 5 heteroatoms. The zero-order chi connectivity index (χ0) is 18.1. The van der Waals surface area contributed by atoms with E-state index in [9.17, 15) is 4.79 Å². The lowest BCUT2D eigenvalue weighted by atomic mass is 10.1. The number of halogens is 1. The summed E-state index contributed by atoms with van der Waals surface area (Å²) in [5, 5.41) is 7.60. The number of rotatable bonds is 4. The van der Waals surface area contributed by atoms with Gasteiger partial charge in [0.2, 0.25) is 0 Å². The SMILES string of the molecule is CC(C)c1cc(C(=O)NC(C)c2cccc(Br)c2)nn1C(C)(C)C. The van der Waals surface area contributed by atoms with Crippen molar-refractivity contribution in [1.82, 2.24) is 15.1 Å². The second-order valence-corrected chi connectivity index (χ2v) is 8.36. The largest absolute Gasteiger partial charge is 0.344 e. The molecular weight excluding hydrogens is 366 g/mol. The Bertz CT molecular complexity index is 728. The second-order valence-electron chi connectivity index (χ2n) is 7.44. The molecule has 1 atom stereocenters. The third-order valence-electron chi connectivity index (χ3n) is 3.89. The maximum absolute atomic E-state index is 12.6. The first-order chi connectivity index (χ1) is 11.1. The van der Waals surface area contributed by atoms with E-state index in [-0.39, 0.29) is 17.5 Å². The summed E-state index contributed by atoms with van der Waals surface area (Å²) in [4.78, 5) is 12.6. The minimum absolute atomic E-state index is 0.0858. The number of nitrogens with one attached hydrogen (secondary N) is 1. The molecule has 0 aliphatic rings. The highest BCUT2D eigenvalue weighted by atomic mass is 79.9. The van der Waals surface area contributed by atoms with Crippen molar-refractivity contribution in [2.75, 3.05) is 0 Å². The van der Waals surface area contributed by atoms with Gasteiger partial charge in [-0.05, 0) is 57.4 Å². The van der Waals surface area contributed by atoms with Crippen molar-refractivity contribution < 1.29 is 4.79 Å². The molecule has 1 aromatic heterocycles. The standard InChI is InChI=1S/C19H26BrN3O/c1-12(2)17-11-16(22-23(17)19(4,5)6)18(24)21-13(3)14-8-7-9-15(20)10-14/h7-13H,1-6H3,(H,21,24). The van der Waals surface area contributed by atoms with E-state index in [0.29, 0.717) is 11.6 Å². The molecule has 1 amide bonds. The van der Waals surface area contributed by atoms with Crippen LogP contribution in [0.25, 0.3) is 0 Å². The molecule has 0 aliphatic heterocycles. The average Bonchev–Trinajstić information content (AvgIpc) is 2.92. The first kappa shape index (κ1) is 18.7. The van der Waals surface area contributed by atoms with Crippen LogP contribution in [0.3, 0.4) is 0 Å². The van der Waals surface area contributed by atoms with Crippen LogP contribution in [0.1, 0.15) is 75.2 Å². The summed E-state index contributed by atoms with van der Waals surface area (Å²) in [7, 11) is 0. The normalized spacial score (nSPS) is 13.2. The fourth-order valence-electron chi connectivity index (χ4n) is 2.58. The summed E-state index contributed by atoms with van der Waals surface area (Å²) in [5.41, 5.74) is 2.43. The van der Waals surface area contributed by atoms with Crippen molar-refractivity contribution in [3.8, 4) is 0 Å². The molecule has 2 aromatic rings. The first-order valence-corrected chi connectivity index (χ1v) is 9.05. The fraction of sp³-hybridized carbons (Fsp3) is 0.474. The molecule has 1 unspecified atom stereocenters. The van der Waals surface area contributed by atoms with E-state index in [0.717, 1.165) is 15.7 Å². The Morgan fingerprint density at radius 3 is 2.38 bits per heavy atom. The molecule has 2 rings (SSSR count). The zero-order valence-electron chi connectivity index (χ0n) is 15.2. The summed E-state index contributed by atoms with van der Waals surface area (Å²) < 4.78 is 2.95. The Kier molecular flexibility index (Phi) is 5.53. The first-order valence-electron chi connectivity index (χ1n) is 8.26. The summed E-state index contributed by atoms with van der Waals surface area (Å²) in [5.74, 6) is 0.160. The fourth-order valence-corrected chi connectivity index (χ4v) is 3.00. The van der Waals surface area contributed by atoms with Crippen molar-refractivity contribution in [2.45, 2.75) is 59.0 Å². The predicted octanol–water partition coefficient (Wildman–Crippen LogP) is 5.02. The lowest BCUT2D eigenvalue weighted by Gasteiger charge is -2.23. The van der Waals surface area contributed by atoms with Crippen LogP contribution in [0.2, 0.25) is 0 Å². The van der Waals surface area contributed by atoms with Gasteiger partial charge in [-0.3, -0.25) is 9.48 Å². The topological polar surface area (TPSA) is 46.9 Å². The number of hydrogen-bond acceptors (Lipinski definition) is 2. The van der Waals surface area contributed by atoms with Gasteiger partial charge in [0.15, 0.2) is 0 Å². The number of nitrogens with zero attached hydrogens (tertiary/aromatic N) is 2. The van der Waals surface area contributed by atoms with Gasteiger partial charge < -0.3 is 5.32 Å². The van der Waals surface area contributed by atoms with Crippen LogP contribution >= 0.6 is 15.9 Å². The van der Waals surface area contributed by atoms with E-state index in [1.165, 1.54) is 0 Å². The number of hydrogen-bond donors (Lipinski definition) is 1. The molecule has 0 saturated carbocycles. The lowest BCUT2D eigenvalue weighted by Crippen LogP contribution is -2.29. The highest BCUT2D eigenvalue weighted by Gasteiger charge is 2.24. The van der Waals surface area contributed by atoms with Crippen LogP contribution in [0.15, 0.2) is 34.8 Å². The summed E-state index contributed by atoms with van der Waals surface area (Å²) in [6.45, 7) is 12.5. The number of aromatic nitrogens is 2. The molecule has 1 aromatic carbocycles. The van der Waals surface area contributed by atoms with Crippen LogP contribution in [0.4, 0.5) is 0 Å². The van der Waals surface area contributed by atoms with Crippen molar-refractivity contribution in [1.29, 1.82) is 0 Å². The van der Waals surface area contributed by atoms with E-state index in [1.54, 1.807) is 0 Å². The minimum atomic E-state index is -0.159. The maximum Gasteiger partial charge on any atom is 0.272 e. The molecule has 0 bridgehead atoms. The van der Waals surface area contributed by atoms with E-state index in [2.05, 4.69) is 61.0 Å². The third kappa shape index (κ3) is 4.26. The van der Waals surface area contributed by atoms with Gasteiger partial charge in [0.1, 0.15) is 5.69 Å². The van der Waals surface area contributed by atoms with Gasteiger partial charge in [0.05, 0.1) is 11.6 Å². The molecule has 0 spiro atoms. The molecular formula is C19H26BrN3O. The molecule has 1 heterocycles. The van der Waals surface area contributed by atoms with E-state index >= 15 is 0 Å². The van der Waals surface area contributed by atoms with Crippen molar-refractivity contribution >= 4 is 21.8 Å². The molecule has 0 aliphatic carbocycles. The van der Waals surface area contributed by atoms with Crippen molar-refractivity contribution in [2.24, 2.45) is 0 Å². The molecule has 24 heavy (non-hydrogen) atoms. The van der Waals surface area contributed by atoms with E-state index < -0.39 is 0 Å². The van der Waals surface area contributed by atoms with Gasteiger partial charge in [-0.1, -0.05) is 41.9 Å². The van der Waals surface area contributed by atoms with Crippen LogP contribution < -0.4 is 5.32 Å². The Labute approximate surface area is 152 Å². The number of carbonyl (C=O) groups excluding carboxylic acids is 1. The van der Waals surface area contributed by atoms with Gasteiger partial charge in [-0.15, -0.1) is 0 Å². The second kappa shape index (κ2) is 7.09. The minimum Gasteiger partial charge on any atom is -0.344 e. The van der Waals surface area contributed by atoms with Gasteiger partial charge in [0.25, 0.3) is 5.91 Å². The number of amides is 1. The lowest BCUT2D eigenvalue weighted by molar-refractivity contribution is 0.0933. The van der Waals surface area contributed by atoms with Gasteiger partial charge >= 0.3 is 0 Å². The van der Waals surface area contributed by atoms with Crippen LogP contribution in [-0.2, 0) is 5.54 Å². The highest BCUT2D eigenvalue weighted by Crippen LogP contribution is 2.24. The third-order valence-corrected chi connectivity index (χ3v) is 4.39. The molecule has 4 nitrogen and oxygen atoms in total. The molecule has 0 fully saturated rings. The molecule has 0 radical (unpaired) electrons. The van der Waals surface area contributed by atoms with Gasteiger partial charge in [0, 0.05) is 10.2 Å². The van der Waals surface area contributed by atoms with Crippen LogP contribution in [0, 0.1) is 0 Å². The molecule has 130 valence electrons. The Balaban J connectivity index is 2.24. The van der Waals surface area contributed by atoms with Gasteiger partial charge in [-0.25, -0.2) is 0 Å². The van der Waals surface area contributed by atoms with E-state index in [1.807, 2.05) is 41.9 Å². The average molecular weight is 392 g/mol. The van der Waals surface area contributed by atoms with Crippen LogP contribution in [-0.4, -0.2) is 15.7 Å². The highest BCUT2D eigenvalue weighted by molar-refractivity contribution is 9.10. The Morgan fingerprint density at radius 2 is 1.88 bits per heavy atom. The number of carbonyl (C=O) groups is 1. The van der Waals surface area contributed by atoms with Crippen molar-refractivity contribution in [3.63, 3.8) is 0 Å². The summed E-state index contributed by atoms with van der Waals surface area (Å²) in [6, 6.07) is 9.77. The van der Waals surface area contributed by atoms with Crippen LogP contribution in [0.5, 0.6) is 0 Å². The smallest absolute Gasteiger partial charge is 0.272 e. The van der Waals surface area contributed by atoms with Crippen molar-refractivity contribution in [3.05, 3.63) is 51.8 Å². The zero-order valence-corrected chi connectivity index (χ0v) is 16.8. The monoisotopic (exact) mass is 391 g/mol. The Morgan fingerprint density at radius 1 is 1.21 bits per heavy atom. The molecule has 1 N–H and O–H groups in total.